The van der Waals surface area contributed by atoms with Gasteiger partial charge in [0, 0.05) is 13.1 Å². The van der Waals surface area contributed by atoms with E-state index in [1.165, 1.54) is 0 Å². The van der Waals surface area contributed by atoms with Crippen LogP contribution < -0.4 is 0 Å². The van der Waals surface area contributed by atoms with E-state index < -0.39 is 32.7 Å². The lowest BCUT2D eigenvalue weighted by molar-refractivity contribution is 0.0911. The summed E-state index contributed by atoms with van der Waals surface area (Å²) in [5.74, 6) is -2.14. The molecule has 2 rings (SSSR count). The Balaban J connectivity index is 2.25. The second kappa shape index (κ2) is 5.75. The van der Waals surface area contributed by atoms with Gasteiger partial charge in [0.25, 0.3) is 0 Å². The highest BCUT2D eigenvalue weighted by Crippen LogP contribution is 2.28. The van der Waals surface area contributed by atoms with Gasteiger partial charge in [-0.2, -0.15) is 4.31 Å². The quantitative estimate of drug-likeness (QED) is 0.925. The molecular formula is C13H17F2NO3S. The molecule has 0 radical (unpaired) electrons. The molecule has 1 unspecified atom stereocenters. The SMILES string of the molecule is CC(O)C1CCN(S(=O)(=O)c2c(F)cccc2F)CC1. The summed E-state index contributed by atoms with van der Waals surface area (Å²) in [4.78, 5) is -0.893. The summed E-state index contributed by atoms with van der Waals surface area (Å²) in [6, 6.07) is 2.99. The number of aliphatic hydroxyl groups excluding tert-OH is 1. The van der Waals surface area contributed by atoms with Gasteiger partial charge in [0.05, 0.1) is 6.10 Å². The van der Waals surface area contributed by atoms with E-state index in [-0.39, 0.29) is 19.0 Å². The molecule has 4 nitrogen and oxygen atoms in total. The number of aliphatic hydroxyl groups is 1. The topological polar surface area (TPSA) is 57.6 Å². The standard InChI is InChI=1S/C13H17F2NO3S/c1-9(17)10-5-7-16(8-6-10)20(18,19)13-11(14)3-2-4-12(13)15/h2-4,9-10,17H,5-8H2,1H3. The van der Waals surface area contributed by atoms with E-state index in [9.17, 15) is 22.3 Å². The first kappa shape index (κ1) is 15.3. The van der Waals surface area contributed by atoms with Gasteiger partial charge in [-0.25, -0.2) is 17.2 Å². The molecule has 0 saturated carbocycles. The molecule has 7 heteroatoms. The van der Waals surface area contributed by atoms with Crippen LogP contribution in [0.4, 0.5) is 8.78 Å². The molecule has 1 atom stereocenters. The van der Waals surface area contributed by atoms with Crippen molar-refractivity contribution in [2.75, 3.05) is 13.1 Å². The van der Waals surface area contributed by atoms with Crippen LogP contribution in [0.5, 0.6) is 0 Å². The molecule has 1 saturated heterocycles. The molecule has 0 bridgehead atoms. The fourth-order valence-electron chi connectivity index (χ4n) is 2.46. The van der Waals surface area contributed by atoms with Crippen LogP contribution in [0.2, 0.25) is 0 Å². The van der Waals surface area contributed by atoms with Crippen LogP contribution in [0.25, 0.3) is 0 Å². The van der Waals surface area contributed by atoms with Crippen molar-refractivity contribution >= 4 is 10.0 Å². The minimum absolute atomic E-state index is 0.0203. The van der Waals surface area contributed by atoms with Crippen LogP contribution in [0.1, 0.15) is 19.8 Å². The van der Waals surface area contributed by atoms with Crippen molar-refractivity contribution in [3.05, 3.63) is 29.8 Å². The fraction of sp³-hybridized carbons (Fsp3) is 0.538. The van der Waals surface area contributed by atoms with Crippen LogP contribution in [-0.2, 0) is 10.0 Å². The van der Waals surface area contributed by atoms with E-state index in [4.69, 9.17) is 0 Å². The van der Waals surface area contributed by atoms with Gasteiger partial charge in [-0.1, -0.05) is 6.07 Å². The summed E-state index contributed by atoms with van der Waals surface area (Å²) >= 11 is 0. The third kappa shape index (κ3) is 2.84. The molecular weight excluding hydrogens is 288 g/mol. The Morgan fingerprint density at radius 2 is 1.75 bits per heavy atom. The van der Waals surface area contributed by atoms with Gasteiger partial charge < -0.3 is 5.11 Å². The van der Waals surface area contributed by atoms with Crippen molar-refractivity contribution in [1.82, 2.24) is 4.31 Å². The molecule has 1 heterocycles. The number of benzene rings is 1. The number of nitrogens with zero attached hydrogens (tertiary/aromatic N) is 1. The molecule has 20 heavy (non-hydrogen) atoms. The molecule has 0 aliphatic carbocycles. The highest BCUT2D eigenvalue weighted by molar-refractivity contribution is 7.89. The Bertz CT molecular complexity index is 561. The largest absolute Gasteiger partial charge is 0.393 e. The first-order valence-corrected chi connectivity index (χ1v) is 7.90. The molecule has 0 amide bonds. The predicted octanol–water partition coefficient (Wildman–Crippen LogP) is 1.75. The van der Waals surface area contributed by atoms with Gasteiger partial charge in [0.1, 0.15) is 11.6 Å². The fourth-order valence-corrected chi connectivity index (χ4v) is 4.04. The van der Waals surface area contributed by atoms with Crippen LogP contribution in [0.15, 0.2) is 23.1 Å². The summed E-state index contributed by atoms with van der Waals surface area (Å²) in [7, 11) is -4.17. The molecule has 1 aromatic carbocycles. The zero-order chi connectivity index (χ0) is 14.9. The first-order chi connectivity index (χ1) is 9.34. The zero-order valence-corrected chi connectivity index (χ0v) is 11.9. The van der Waals surface area contributed by atoms with Gasteiger partial charge in [0.15, 0.2) is 4.90 Å². The van der Waals surface area contributed by atoms with E-state index in [2.05, 4.69) is 0 Å². The van der Waals surface area contributed by atoms with E-state index in [0.29, 0.717) is 12.8 Å². The molecule has 1 aromatic rings. The Hall–Kier alpha value is -1.05. The van der Waals surface area contributed by atoms with E-state index >= 15 is 0 Å². The van der Waals surface area contributed by atoms with Gasteiger partial charge in [-0.3, -0.25) is 0 Å². The summed E-state index contributed by atoms with van der Waals surface area (Å²) in [5, 5.41) is 9.48. The summed E-state index contributed by atoms with van der Waals surface area (Å²) in [6.07, 6.45) is 0.449. The second-order valence-electron chi connectivity index (χ2n) is 5.03. The van der Waals surface area contributed by atoms with Crippen LogP contribution >= 0.6 is 0 Å². The number of hydrogen-bond acceptors (Lipinski definition) is 3. The average Bonchev–Trinajstić information content (AvgIpc) is 2.38. The van der Waals surface area contributed by atoms with Crippen molar-refractivity contribution in [2.45, 2.75) is 30.8 Å². The lowest BCUT2D eigenvalue weighted by Gasteiger charge is -2.32. The number of piperidine rings is 1. The van der Waals surface area contributed by atoms with Crippen molar-refractivity contribution in [2.24, 2.45) is 5.92 Å². The number of hydrogen-bond donors (Lipinski definition) is 1. The normalized spacial score (nSPS) is 20.0. The summed E-state index contributed by atoms with van der Waals surface area (Å²) < 4.78 is 52.9. The molecule has 0 aromatic heterocycles. The molecule has 1 aliphatic rings. The third-order valence-electron chi connectivity index (χ3n) is 3.70. The van der Waals surface area contributed by atoms with Crippen LogP contribution in [0, 0.1) is 17.6 Å². The highest BCUT2D eigenvalue weighted by Gasteiger charge is 2.34. The Labute approximate surface area is 117 Å². The highest BCUT2D eigenvalue weighted by atomic mass is 32.2. The Kier molecular flexibility index (Phi) is 4.41. The van der Waals surface area contributed by atoms with Crippen molar-refractivity contribution in [1.29, 1.82) is 0 Å². The molecule has 1 N–H and O–H groups in total. The van der Waals surface area contributed by atoms with Gasteiger partial charge in [-0.15, -0.1) is 0 Å². The average molecular weight is 305 g/mol. The molecule has 1 fully saturated rings. The number of rotatable bonds is 3. The maximum Gasteiger partial charge on any atom is 0.248 e. The number of halogens is 2. The number of sulfonamides is 1. The monoisotopic (exact) mass is 305 g/mol. The smallest absolute Gasteiger partial charge is 0.248 e. The van der Waals surface area contributed by atoms with Crippen LogP contribution in [0.3, 0.4) is 0 Å². The molecule has 112 valence electrons. The lowest BCUT2D eigenvalue weighted by Crippen LogP contribution is -2.41. The Morgan fingerprint density at radius 1 is 1.25 bits per heavy atom. The van der Waals surface area contributed by atoms with Gasteiger partial charge in [-0.05, 0) is 37.8 Å². The maximum atomic E-state index is 13.6. The third-order valence-corrected chi connectivity index (χ3v) is 5.65. The van der Waals surface area contributed by atoms with Crippen molar-refractivity contribution in [3.8, 4) is 0 Å². The lowest BCUT2D eigenvalue weighted by atomic mass is 9.93. The molecule has 1 aliphatic heterocycles. The van der Waals surface area contributed by atoms with Gasteiger partial charge >= 0.3 is 0 Å². The first-order valence-electron chi connectivity index (χ1n) is 6.46. The minimum Gasteiger partial charge on any atom is -0.393 e. The summed E-state index contributed by atoms with van der Waals surface area (Å²) in [6.45, 7) is 1.97. The zero-order valence-electron chi connectivity index (χ0n) is 11.1. The van der Waals surface area contributed by atoms with Gasteiger partial charge in [0.2, 0.25) is 10.0 Å². The van der Waals surface area contributed by atoms with E-state index in [1.807, 2.05) is 0 Å². The van der Waals surface area contributed by atoms with Crippen molar-refractivity contribution < 1.29 is 22.3 Å². The molecule has 0 spiro atoms. The van der Waals surface area contributed by atoms with E-state index in [0.717, 1.165) is 22.5 Å². The predicted molar refractivity (Wildman–Crippen MR) is 69.5 cm³/mol. The second-order valence-corrected chi connectivity index (χ2v) is 6.91. The Morgan fingerprint density at radius 3 is 2.20 bits per heavy atom. The van der Waals surface area contributed by atoms with Crippen molar-refractivity contribution in [3.63, 3.8) is 0 Å². The summed E-state index contributed by atoms with van der Waals surface area (Å²) in [5.41, 5.74) is 0. The van der Waals surface area contributed by atoms with E-state index in [1.54, 1.807) is 6.92 Å². The maximum absolute atomic E-state index is 13.6. The van der Waals surface area contributed by atoms with Crippen LogP contribution in [-0.4, -0.2) is 37.0 Å². The minimum atomic E-state index is -4.17.